The van der Waals surface area contributed by atoms with Gasteiger partial charge in [-0.2, -0.15) is 0 Å². The standard InChI is InChI=1S/C14H15N3O3/c1-10(13(19)20)14(17-9-18)12(15-7-8-16-14)11-5-3-2-4-6-11/h2-10,16H,1H3,(H,17,18)(H,19,20)/t10?,14-/m0/s1. The summed E-state index contributed by atoms with van der Waals surface area (Å²) in [6.07, 6.45) is 3.52. The van der Waals surface area contributed by atoms with Crippen LogP contribution in [0.25, 0.3) is 0 Å². The number of rotatable bonds is 5. The number of aliphatic imine (C=N–C) groups is 1. The SMILES string of the molecule is CC(C(=O)O)[C@@]1(NC=O)NC=CN=C1c1ccccc1. The maximum Gasteiger partial charge on any atom is 0.310 e. The van der Waals surface area contributed by atoms with Crippen molar-refractivity contribution in [3.63, 3.8) is 0 Å². The minimum absolute atomic E-state index is 0.461. The minimum Gasteiger partial charge on any atom is -0.481 e. The summed E-state index contributed by atoms with van der Waals surface area (Å²) in [6, 6.07) is 9.14. The van der Waals surface area contributed by atoms with Crippen LogP contribution >= 0.6 is 0 Å². The Morgan fingerprint density at radius 1 is 1.45 bits per heavy atom. The van der Waals surface area contributed by atoms with Crippen molar-refractivity contribution >= 4 is 18.1 Å². The summed E-state index contributed by atoms with van der Waals surface area (Å²) in [4.78, 5) is 26.6. The van der Waals surface area contributed by atoms with Crippen molar-refractivity contribution in [1.82, 2.24) is 10.6 Å². The van der Waals surface area contributed by atoms with Crippen LogP contribution in [0, 0.1) is 5.92 Å². The van der Waals surface area contributed by atoms with Crippen molar-refractivity contribution in [1.29, 1.82) is 0 Å². The molecular weight excluding hydrogens is 258 g/mol. The Hall–Kier alpha value is -2.63. The van der Waals surface area contributed by atoms with Gasteiger partial charge in [-0.15, -0.1) is 0 Å². The summed E-state index contributed by atoms with van der Waals surface area (Å²) < 4.78 is 0. The highest BCUT2D eigenvalue weighted by Crippen LogP contribution is 2.24. The molecule has 104 valence electrons. The second-order valence-corrected chi connectivity index (χ2v) is 4.43. The molecule has 1 heterocycles. The van der Waals surface area contributed by atoms with E-state index in [2.05, 4.69) is 15.6 Å². The van der Waals surface area contributed by atoms with Crippen LogP contribution in [0.5, 0.6) is 0 Å². The molecule has 1 aliphatic heterocycles. The highest BCUT2D eigenvalue weighted by molar-refractivity contribution is 6.10. The second-order valence-electron chi connectivity index (χ2n) is 4.43. The van der Waals surface area contributed by atoms with Crippen LogP contribution in [0.3, 0.4) is 0 Å². The van der Waals surface area contributed by atoms with Gasteiger partial charge in [0.1, 0.15) is 5.92 Å². The number of hydrogen-bond acceptors (Lipinski definition) is 4. The Labute approximate surface area is 116 Å². The lowest BCUT2D eigenvalue weighted by Gasteiger charge is -2.39. The maximum atomic E-state index is 11.4. The van der Waals surface area contributed by atoms with Crippen molar-refractivity contribution in [2.45, 2.75) is 12.6 Å². The van der Waals surface area contributed by atoms with Gasteiger partial charge in [0.15, 0.2) is 5.66 Å². The Balaban J connectivity index is 2.54. The van der Waals surface area contributed by atoms with E-state index in [4.69, 9.17) is 0 Å². The molecule has 0 bridgehead atoms. The molecule has 1 aromatic carbocycles. The van der Waals surface area contributed by atoms with E-state index in [1.54, 1.807) is 0 Å². The van der Waals surface area contributed by atoms with Crippen LogP contribution in [-0.2, 0) is 9.59 Å². The van der Waals surface area contributed by atoms with Crippen molar-refractivity contribution in [2.75, 3.05) is 0 Å². The molecule has 0 radical (unpaired) electrons. The molecule has 1 aliphatic rings. The van der Waals surface area contributed by atoms with E-state index < -0.39 is 17.6 Å². The second kappa shape index (κ2) is 5.56. The lowest BCUT2D eigenvalue weighted by atomic mass is 9.85. The first-order chi connectivity index (χ1) is 9.62. The number of carboxylic acid groups (broad SMARTS) is 1. The number of aliphatic carboxylic acids is 1. The van der Waals surface area contributed by atoms with Gasteiger partial charge in [0, 0.05) is 18.0 Å². The Bertz CT molecular complexity index is 564. The van der Waals surface area contributed by atoms with Gasteiger partial charge in [0.05, 0.1) is 5.71 Å². The summed E-state index contributed by atoms with van der Waals surface area (Å²) in [7, 11) is 0. The zero-order valence-electron chi connectivity index (χ0n) is 10.9. The quantitative estimate of drug-likeness (QED) is 0.689. The van der Waals surface area contributed by atoms with E-state index in [-0.39, 0.29) is 0 Å². The molecule has 1 amide bonds. The number of carbonyl (C=O) groups is 2. The zero-order chi connectivity index (χ0) is 14.6. The molecule has 2 atom stereocenters. The monoisotopic (exact) mass is 273 g/mol. The van der Waals surface area contributed by atoms with E-state index >= 15 is 0 Å². The lowest BCUT2D eigenvalue weighted by molar-refractivity contribution is -0.143. The van der Waals surface area contributed by atoms with Crippen LogP contribution in [0.15, 0.2) is 47.7 Å². The number of nitrogens with one attached hydrogen (secondary N) is 2. The van der Waals surface area contributed by atoms with Crippen LogP contribution in [0.4, 0.5) is 0 Å². The molecule has 1 unspecified atom stereocenters. The van der Waals surface area contributed by atoms with E-state index in [1.165, 1.54) is 19.3 Å². The molecule has 6 nitrogen and oxygen atoms in total. The summed E-state index contributed by atoms with van der Waals surface area (Å²) in [5, 5.41) is 14.8. The van der Waals surface area contributed by atoms with Crippen molar-refractivity contribution in [3.8, 4) is 0 Å². The molecule has 0 aromatic heterocycles. The molecule has 1 aromatic rings. The summed E-state index contributed by atoms with van der Waals surface area (Å²) in [5.74, 6) is -1.94. The highest BCUT2D eigenvalue weighted by Gasteiger charge is 2.45. The predicted octanol–water partition coefficient (Wildman–Crippen LogP) is 0.713. The van der Waals surface area contributed by atoms with E-state index in [0.717, 1.165) is 5.56 Å². The van der Waals surface area contributed by atoms with Crippen LogP contribution in [-0.4, -0.2) is 28.9 Å². The molecule has 0 fully saturated rings. The molecule has 2 rings (SSSR count). The van der Waals surface area contributed by atoms with Gasteiger partial charge in [0.25, 0.3) is 0 Å². The average molecular weight is 273 g/mol. The molecule has 0 saturated heterocycles. The fourth-order valence-corrected chi connectivity index (χ4v) is 2.19. The zero-order valence-corrected chi connectivity index (χ0v) is 10.9. The highest BCUT2D eigenvalue weighted by atomic mass is 16.4. The minimum atomic E-state index is -1.27. The molecule has 6 heteroatoms. The Kier molecular flexibility index (Phi) is 3.84. The van der Waals surface area contributed by atoms with Crippen LogP contribution < -0.4 is 10.6 Å². The molecule has 0 aliphatic carbocycles. The number of hydrogen-bond donors (Lipinski definition) is 3. The number of carboxylic acids is 1. The summed E-state index contributed by atoms with van der Waals surface area (Å²) >= 11 is 0. The van der Waals surface area contributed by atoms with Gasteiger partial charge in [-0.3, -0.25) is 14.6 Å². The summed E-state index contributed by atoms with van der Waals surface area (Å²) in [5.41, 5.74) is -0.0710. The maximum absolute atomic E-state index is 11.4. The molecule has 3 N–H and O–H groups in total. The number of amides is 1. The van der Waals surface area contributed by atoms with Gasteiger partial charge in [0.2, 0.25) is 6.41 Å². The van der Waals surface area contributed by atoms with Gasteiger partial charge < -0.3 is 15.7 Å². The van der Waals surface area contributed by atoms with Gasteiger partial charge in [-0.1, -0.05) is 30.3 Å². The van der Waals surface area contributed by atoms with Crippen molar-refractivity contribution in [3.05, 3.63) is 48.3 Å². The molecular formula is C14H15N3O3. The third-order valence-corrected chi connectivity index (χ3v) is 3.32. The first kappa shape index (κ1) is 13.8. The van der Waals surface area contributed by atoms with Gasteiger partial charge >= 0.3 is 5.97 Å². The van der Waals surface area contributed by atoms with E-state index in [1.807, 2.05) is 30.3 Å². The Morgan fingerprint density at radius 3 is 2.75 bits per heavy atom. The largest absolute Gasteiger partial charge is 0.481 e. The molecule has 20 heavy (non-hydrogen) atoms. The average Bonchev–Trinajstić information content (AvgIpc) is 2.48. The summed E-state index contributed by atoms with van der Waals surface area (Å²) in [6.45, 7) is 1.52. The van der Waals surface area contributed by atoms with E-state index in [0.29, 0.717) is 12.1 Å². The van der Waals surface area contributed by atoms with E-state index in [9.17, 15) is 14.7 Å². The third kappa shape index (κ3) is 2.27. The fourth-order valence-electron chi connectivity index (χ4n) is 2.19. The van der Waals surface area contributed by atoms with Gasteiger partial charge in [-0.05, 0) is 6.92 Å². The topological polar surface area (TPSA) is 90.8 Å². The van der Waals surface area contributed by atoms with Crippen molar-refractivity contribution in [2.24, 2.45) is 10.9 Å². The number of benzene rings is 1. The lowest BCUT2D eigenvalue weighted by Crippen LogP contribution is -2.67. The van der Waals surface area contributed by atoms with Crippen LogP contribution in [0.1, 0.15) is 12.5 Å². The smallest absolute Gasteiger partial charge is 0.310 e. The van der Waals surface area contributed by atoms with Crippen molar-refractivity contribution < 1.29 is 14.7 Å². The van der Waals surface area contributed by atoms with Gasteiger partial charge in [-0.25, -0.2) is 0 Å². The fraction of sp³-hybridized carbons (Fsp3) is 0.214. The number of nitrogens with zero attached hydrogens (tertiary/aromatic N) is 1. The molecule has 0 spiro atoms. The first-order valence-electron chi connectivity index (χ1n) is 6.12. The predicted molar refractivity (Wildman–Crippen MR) is 74.0 cm³/mol. The normalized spacial score (nSPS) is 22.4. The molecule has 0 saturated carbocycles. The Morgan fingerprint density at radius 2 is 2.15 bits per heavy atom. The van der Waals surface area contributed by atoms with Crippen LogP contribution in [0.2, 0.25) is 0 Å². The number of carbonyl (C=O) groups excluding carboxylic acids is 1. The first-order valence-corrected chi connectivity index (χ1v) is 6.12. The third-order valence-electron chi connectivity index (χ3n) is 3.32.